The minimum atomic E-state index is -4.64. The minimum Gasteiger partial charge on any atom is -0.467 e. The Morgan fingerprint density at radius 2 is 1.97 bits per heavy atom. The van der Waals surface area contributed by atoms with Crippen LogP contribution < -0.4 is 24.8 Å². The predicted octanol–water partition coefficient (Wildman–Crippen LogP) is 4.25. The van der Waals surface area contributed by atoms with Crippen molar-refractivity contribution in [2.24, 2.45) is 0 Å². The van der Waals surface area contributed by atoms with Gasteiger partial charge in [-0.15, -0.1) is 5.10 Å². The van der Waals surface area contributed by atoms with Crippen LogP contribution in [0.15, 0.2) is 30.5 Å². The van der Waals surface area contributed by atoms with E-state index in [1.807, 2.05) is 0 Å². The molecule has 0 fully saturated rings. The quantitative estimate of drug-likeness (QED) is 0.455. The largest absolute Gasteiger partial charge is 0.467 e. The van der Waals surface area contributed by atoms with Gasteiger partial charge in [-0.1, -0.05) is 23.2 Å². The number of rotatable bonds is 7. The highest BCUT2D eigenvalue weighted by atomic mass is 35.5. The van der Waals surface area contributed by atoms with Gasteiger partial charge in [-0.2, -0.15) is 13.2 Å². The van der Waals surface area contributed by atoms with Crippen molar-refractivity contribution in [3.05, 3.63) is 51.8 Å². The molecule has 2 N–H and O–H groups in total. The topological polar surface area (TPSA) is 117 Å². The Morgan fingerprint density at radius 3 is 2.67 bits per heavy atom. The Kier molecular flexibility index (Phi) is 7.13. The van der Waals surface area contributed by atoms with Gasteiger partial charge in [0.2, 0.25) is 12.7 Å². The summed E-state index contributed by atoms with van der Waals surface area (Å²) in [4.78, 5) is 30.2. The lowest BCUT2D eigenvalue weighted by Crippen LogP contribution is -2.26. The van der Waals surface area contributed by atoms with E-state index in [9.17, 15) is 22.8 Å². The summed E-state index contributed by atoms with van der Waals surface area (Å²) in [5, 5.41) is 9.01. The molecule has 36 heavy (non-hydrogen) atoms. The summed E-state index contributed by atoms with van der Waals surface area (Å²) < 4.78 is 54.3. The second-order valence-electron chi connectivity index (χ2n) is 7.15. The van der Waals surface area contributed by atoms with E-state index in [0.717, 1.165) is 10.7 Å². The summed E-state index contributed by atoms with van der Waals surface area (Å²) in [5.41, 5.74) is -0.515. The summed E-state index contributed by atoms with van der Waals surface area (Å²) in [6, 6.07) is 5.29. The van der Waals surface area contributed by atoms with E-state index < -0.39 is 30.5 Å². The molecule has 0 spiro atoms. The van der Waals surface area contributed by atoms with Crippen molar-refractivity contribution in [3.8, 4) is 23.2 Å². The average molecular weight is 546 g/mol. The Hall–Kier alpha value is -3.71. The van der Waals surface area contributed by atoms with Gasteiger partial charge in [0.05, 0.1) is 15.7 Å². The van der Waals surface area contributed by atoms with Crippen molar-refractivity contribution in [1.82, 2.24) is 20.1 Å². The molecule has 4 rings (SSSR count). The van der Waals surface area contributed by atoms with Crippen LogP contribution in [0, 0.1) is 0 Å². The van der Waals surface area contributed by atoms with Crippen molar-refractivity contribution >= 4 is 40.7 Å². The zero-order chi connectivity index (χ0) is 26.0. The Bertz CT molecular complexity index is 1330. The van der Waals surface area contributed by atoms with Gasteiger partial charge in [-0.3, -0.25) is 9.59 Å². The molecule has 1 aliphatic rings. The number of carbonyl (C=O) groups is 2. The Labute approximate surface area is 211 Å². The first-order valence-corrected chi connectivity index (χ1v) is 11.0. The highest BCUT2D eigenvalue weighted by Gasteiger charge is 2.32. The molecule has 3 heterocycles. The van der Waals surface area contributed by atoms with E-state index in [4.69, 9.17) is 37.4 Å². The van der Waals surface area contributed by atoms with Gasteiger partial charge in [0.25, 0.3) is 11.8 Å². The second kappa shape index (κ2) is 10.1. The van der Waals surface area contributed by atoms with Gasteiger partial charge in [-0.05, 0) is 19.1 Å². The first-order valence-electron chi connectivity index (χ1n) is 10.2. The zero-order valence-electron chi connectivity index (χ0n) is 18.3. The van der Waals surface area contributed by atoms with E-state index in [1.165, 1.54) is 24.4 Å². The molecule has 15 heteroatoms. The molecule has 2 amide bonds. The van der Waals surface area contributed by atoms with Crippen LogP contribution >= 0.6 is 23.2 Å². The van der Waals surface area contributed by atoms with E-state index in [0.29, 0.717) is 0 Å². The number of ether oxygens (including phenoxy) is 3. The normalized spacial score (nSPS) is 12.4. The molecular formula is C21H16Cl2F3N5O5. The summed E-state index contributed by atoms with van der Waals surface area (Å²) >= 11 is 12.5. The van der Waals surface area contributed by atoms with Crippen LogP contribution in [0.1, 0.15) is 27.8 Å². The van der Waals surface area contributed by atoms with Crippen LogP contribution in [0.25, 0.3) is 5.82 Å². The lowest BCUT2D eigenvalue weighted by molar-refractivity contribution is -0.154. The number of fused-ring (bicyclic) bond motifs is 1. The minimum absolute atomic E-state index is 0.0492. The van der Waals surface area contributed by atoms with Crippen molar-refractivity contribution in [2.75, 3.05) is 25.3 Å². The first-order chi connectivity index (χ1) is 17.1. The maximum atomic E-state index is 13.3. The summed E-state index contributed by atoms with van der Waals surface area (Å²) in [7, 11) is 0. The predicted molar refractivity (Wildman–Crippen MR) is 121 cm³/mol. The van der Waals surface area contributed by atoms with E-state index >= 15 is 0 Å². The van der Waals surface area contributed by atoms with E-state index in [2.05, 4.69) is 20.7 Å². The number of halogens is 5. The van der Waals surface area contributed by atoms with Gasteiger partial charge < -0.3 is 24.8 Å². The lowest BCUT2D eigenvalue weighted by Gasteiger charge is -2.15. The third-order valence-electron chi connectivity index (χ3n) is 4.66. The SMILES string of the molecule is CCNC(=O)c1c(NC(=O)c2cc(OCC(F)(F)F)nn2-c2ncccc2Cl)c(Cl)cc2c1OCO2. The van der Waals surface area contributed by atoms with Gasteiger partial charge in [0.15, 0.2) is 23.9 Å². The second-order valence-corrected chi connectivity index (χ2v) is 7.96. The molecule has 0 saturated heterocycles. The third kappa shape index (κ3) is 5.26. The molecule has 0 bridgehead atoms. The fourth-order valence-electron chi connectivity index (χ4n) is 3.22. The van der Waals surface area contributed by atoms with E-state index in [-0.39, 0.29) is 57.6 Å². The Morgan fingerprint density at radius 1 is 1.19 bits per heavy atom. The number of hydrogen-bond donors (Lipinski definition) is 2. The lowest BCUT2D eigenvalue weighted by atomic mass is 10.1. The van der Waals surface area contributed by atoms with Crippen molar-refractivity contribution < 1.29 is 37.0 Å². The number of nitrogens with one attached hydrogen (secondary N) is 2. The number of benzene rings is 1. The number of carbonyl (C=O) groups excluding carboxylic acids is 2. The van der Waals surface area contributed by atoms with Gasteiger partial charge >= 0.3 is 6.18 Å². The molecule has 10 nitrogen and oxygen atoms in total. The van der Waals surface area contributed by atoms with Crippen LogP contribution in [-0.2, 0) is 0 Å². The maximum Gasteiger partial charge on any atom is 0.422 e. The zero-order valence-corrected chi connectivity index (χ0v) is 19.8. The molecule has 0 unspecified atom stereocenters. The molecule has 1 aliphatic heterocycles. The number of aromatic nitrogens is 3. The van der Waals surface area contributed by atoms with E-state index in [1.54, 1.807) is 6.92 Å². The number of hydrogen-bond acceptors (Lipinski definition) is 7. The summed E-state index contributed by atoms with van der Waals surface area (Å²) in [5.74, 6) is -1.81. The fourth-order valence-corrected chi connectivity index (χ4v) is 3.66. The highest BCUT2D eigenvalue weighted by molar-refractivity contribution is 6.35. The van der Waals surface area contributed by atoms with Crippen molar-refractivity contribution in [1.29, 1.82) is 0 Å². The number of alkyl halides is 3. The van der Waals surface area contributed by atoms with Crippen LogP contribution in [0.5, 0.6) is 17.4 Å². The molecule has 3 aromatic rings. The fraction of sp³-hybridized carbons (Fsp3) is 0.238. The van der Waals surface area contributed by atoms with Gasteiger partial charge in [0, 0.05) is 24.9 Å². The Balaban J connectivity index is 1.76. The van der Waals surface area contributed by atoms with Crippen molar-refractivity contribution in [3.63, 3.8) is 0 Å². The summed E-state index contributed by atoms with van der Waals surface area (Å²) in [6.07, 6.45) is -3.29. The van der Waals surface area contributed by atoms with Crippen LogP contribution in [0.4, 0.5) is 18.9 Å². The molecule has 0 radical (unpaired) electrons. The smallest absolute Gasteiger partial charge is 0.422 e. The van der Waals surface area contributed by atoms with Gasteiger partial charge in [-0.25, -0.2) is 9.67 Å². The molecule has 190 valence electrons. The molecule has 1 aromatic carbocycles. The third-order valence-corrected chi connectivity index (χ3v) is 5.25. The van der Waals surface area contributed by atoms with Crippen LogP contribution in [0.3, 0.4) is 0 Å². The molecule has 0 saturated carbocycles. The molecule has 2 aromatic heterocycles. The number of nitrogens with zero attached hydrogens (tertiary/aromatic N) is 3. The standard InChI is InChI=1S/C21H16Cl2F3N5O5/c1-2-27-20(33)15-16(11(23)6-13-17(15)36-9-35-13)29-19(32)12-7-14(34-8-21(24,25)26)30-31(12)18-10(22)4-3-5-28-18/h3-7H,2,8-9H2,1H3,(H,27,33)(H,29,32). The highest BCUT2D eigenvalue weighted by Crippen LogP contribution is 2.44. The summed E-state index contributed by atoms with van der Waals surface area (Å²) in [6.45, 7) is 0.145. The average Bonchev–Trinajstić information content (AvgIpc) is 3.45. The molecule has 0 aliphatic carbocycles. The molecule has 0 atom stereocenters. The number of amides is 2. The molecular weight excluding hydrogens is 530 g/mol. The van der Waals surface area contributed by atoms with Crippen LogP contribution in [0.2, 0.25) is 10.0 Å². The van der Waals surface area contributed by atoms with Gasteiger partial charge in [0.1, 0.15) is 11.3 Å². The van der Waals surface area contributed by atoms with Crippen molar-refractivity contribution in [2.45, 2.75) is 13.1 Å². The first kappa shape index (κ1) is 25.4. The number of pyridine rings is 1. The van der Waals surface area contributed by atoms with Crippen LogP contribution in [-0.4, -0.2) is 52.7 Å². The maximum absolute atomic E-state index is 13.3. The monoisotopic (exact) mass is 545 g/mol. The number of anilines is 1.